The highest BCUT2D eigenvalue weighted by Crippen LogP contribution is 2.23. The van der Waals surface area contributed by atoms with Crippen molar-refractivity contribution in [1.82, 2.24) is 4.31 Å². The van der Waals surface area contributed by atoms with Crippen LogP contribution in [0.2, 0.25) is 0 Å². The van der Waals surface area contributed by atoms with Crippen LogP contribution in [0.1, 0.15) is 22.8 Å². The molecule has 1 saturated heterocycles. The smallest absolute Gasteiger partial charge is 0.243 e. The summed E-state index contributed by atoms with van der Waals surface area (Å²) in [6, 6.07) is 21.7. The molecule has 0 aromatic heterocycles. The standard InChI is InChI=1S/C27H27BrN2O4S/c1-2-34-25-12-3-21(4-13-25)5-16-27(31)22-6-10-24(11-7-22)29-17-19-30(20-18-29)35(32,33)26-14-8-23(28)9-15-26/h3-16H,2,17-20H2,1H3. The molecule has 0 atom stereocenters. The van der Waals surface area contributed by atoms with E-state index in [4.69, 9.17) is 4.74 Å². The number of hydrogen-bond donors (Lipinski definition) is 0. The number of allylic oxidation sites excluding steroid dienone is 1. The Hall–Kier alpha value is -2.94. The molecule has 3 aromatic carbocycles. The lowest BCUT2D eigenvalue weighted by Crippen LogP contribution is -2.48. The van der Waals surface area contributed by atoms with Crippen molar-refractivity contribution in [3.8, 4) is 5.75 Å². The fourth-order valence-electron chi connectivity index (χ4n) is 3.89. The van der Waals surface area contributed by atoms with E-state index in [0.717, 1.165) is 21.5 Å². The lowest BCUT2D eigenvalue weighted by Gasteiger charge is -2.35. The van der Waals surface area contributed by atoms with Gasteiger partial charge in [-0.15, -0.1) is 0 Å². The maximum absolute atomic E-state index is 12.9. The highest BCUT2D eigenvalue weighted by Gasteiger charge is 2.28. The fourth-order valence-corrected chi connectivity index (χ4v) is 5.58. The topological polar surface area (TPSA) is 66.9 Å². The predicted octanol–water partition coefficient (Wildman–Crippen LogP) is 5.25. The zero-order valence-corrected chi connectivity index (χ0v) is 21.8. The number of hydrogen-bond acceptors (Lipinski definition) is 5. The van der Waals surface area contributed by atoms with Gasteiger partial charge in [0.25, 0.3) is 0 Å². The molecule has 8 heteroatoms. The molecule has 6 nitrogen and oxygen atoms in total. The van der Waals surface area contributed by atoms with Crippen LogP contribution in [0.25, 0.3) is 6.08 Å². The van der Waals surface area contributed by atoms with E-state index >= 15 is 0 Å². The van der Waals surface area contributed by atoms with E-state index < -0.39 is 10.0 Å². The van der Waals surface area contributed by atoms with Crippen LogP contribution in [0.15, 0.2) is 88.2 Å². The van der Waals surface area contributed by atoms with Crippen molar-refractivity contribution in [2.24, 2.45) is 0 Å². The van der Waals surface area contributed by atoms with Gasteiger partial charge in [0.2, 0.25) is 10.0 Å². The Morgan fingerprint density at radius 2 is 1.54 bits per heavy atom. The number of halogens is 1. The van der Waals surface area contributed by atoms with Crippen molar-refractivity contribution in [2.75, 3.05) is 37.7 Å². The molecular weight excluding hydrogens is 528 g/mol. The summed E-state index contributed by atoms with van der Waals surface area (Å²) < 4.78 is 33.6. The highest BCUT2D eigenvalue weighted by atomic mass is 79.9. The average Bonchev–Trinajstić information content (AvgIpc) is 2.89. The molecule has 1 fully saturated rings. The Morgan fingerprint density at radius 3 is 2.14 bits per heavy atom. The first-order chi connectivity index (χ1) is 16.9. The summed E-state index contributed by atoms with van der Waals surface area (Å²) in [7, 11) is -3.51. The third-order valence-electron chi connectivity index (χ3n) is 5.83. The normalized spacial score (nSPS) is 14.9. The lowest BCUT2D eigenvalue weighted by molar-refractivity contribution is 0.104. The van der Waals surface area contributed by atoms with Crippen LogP contribution in [-0.4, -0.2) is 51.3 Å². The quantitative estimate of drug-likeness (QED) is 0.281. The second kappa shape index (κ2) is 11.2. The first-order valence-electron chi connectivity index (χ1n) is 11.4. The molecule has 0 spiro atoms. The molecule has 182 valence electrons. The molecule has 1 aliphatic heterocycles. The molecule has 4 rings (SSSR count). The van der Waals surface area contributed by atoms with E-state index in [-0.39, 0.29) is 5.78 Å². The summed E-state index contributed by atoms with van der Waals surface area (Å²) in [4.78, 5) is 15.0. The maximum Gasteiger partial charge on any atom is 0.243 e. The number of anilines is 1. The Morgan fingerprint density at radius 1 is 0.914 bits per heavy atom. The van der Waals surface area contributed by atoms with Crippen LogP contribution in [0.4, 0.5) is 5.69 Å². The second-order valence-electron chi connectivity index (χ2n) is 8.09. The van der Waals surface area contributed by atoms with Gasteiger partial charge in [-0.2, -0.15) is 4.31 Å². The Balaban J connectivity index is 1.34. The van der Waals surface area contributed by atoms with Gasteiger partial charge in [-0.3, -0.25) is 4.79 Å². The van der Waals surface area contributed by atoms with Gasteiger partial charge in [-0.05, 0) is 79.2 Å². The van der Waals surface area contributed by atoms with Gasteiger partial charge in [-0.1, -0.05) is 34.1 Å². The van der Waals surface area contributed by atoms with Crippen molar-refractivity contribution < 1.29 is 17.9 Å². The van der Waals surface area contributed by atoms with Gasteiger partial charge >= 0.3 is 0 Å². The minimum Gasteiger partial charge on any atom is -0.494 e. The van der Waals surface area contributed by atoms with Crippen molar-refractivity contribution in [2.45, 2.75) is 11.8 Å². The van der Waals surface area contributed by atoms with E-state index in [1.807, 2.05) is 55.5 Å². The van der Waals surface area contributed by atoms with E-state index in [1.54, 1.807) is 36.4 Å². The summed E-state index contributed by atoms with van der Waals surface area (Å²) in [6.07, 6.45) is 3.35. The third kappa shape index (κ3) is 6.20. The molecule has 0 unspecified atom stereocenters. The van der Waals surface area contributed by atoms with E-state index in [0.29, 0.717) is 43.2 Å². The first kappa shape index (κ1) is 25.2. The van der Waals surface area contributed by atoms with Crippen LogP contribution in [-0.2, 0) is 10.0 Å². The summed E-state index contributed by atoms with van der Waals surface area (Å²) in [5.74, 6) is 0.731. The van der Waals surface area contributed by atoms with E-state index in [1.165, 1.54) is 4.31 Å². The van der Waals surface area contributed by atoms with Crippen molar-refractivity contribution in [3.63, 3.8) is 0 Å². The van der Waals surface area contributed by atoms with Crippen LogP contribution < -0.4 is 9.64 Å². The Kier molecular flexibility index (Phi) is 8.05. The van der Waals surface area contributed by atoms with Gasteiger partial charge in [0.05, 0.1) is 11.5 Å². The van der Waals surface area contributed by atoms with Crippen molar-refractivity contribution >= 4 is 43.5 Å². The van der Waals surface area contributed by atoms with Gasteiger partial charge in [0.15, 0.2) is 5.78 Å². The molecule has 35 heavy (non-hydrogen) atoms. The molecule has 1 heterocycles. The Labute approximate surface area is 215 Å². The van der Waals surface area contributed by atoms with Gasteiger partial charge in [-0.25, -0.2) is 8.42 Å². The summed E-state index contributed by atoms with van der Waals surface area (Å²) in [5, 5.41) is 0. The largest absolute Gasteiger partial charge is 0.494 e. The highest BCUT2D eigenvalue weighted by molar-refractivity contribution is 9.10. The van der Waals surface area contributed by atoms with Gasteiger partial charge < -0.3 is 9.64 Å². The van der Waals surface area contributed by atoms with E-state index in [9.17, 15) is 13.2 Å². The van der Waals surface area contributed by atoms with Crippen LogP contribution >= 0.6 is 15.9 Å². The zero-order valence-electron chi connectivity index (χ0n) is 19.4. The molecule has 1 aliphatic rings. The average molecular weight is 555 g/mol. The lowest BCUT2D eigenvalue weighted by atomic mass is 10.1. The zero-order chi connectivity index (χ0) is 24.8. The number of ether oxygens (including phenoxy) is 1. The van der Waals surface area contributed by atoms with Crippen LogP contribution in [0.3, 0.4) is 0 Å². The van der Waals surface area contributed by atoms with E-state index in [2.05, 4.69) is 20.8 Å². The number of piperazine rings is 1. The molecule has 0 bridgehead atoms. The summed E-state index contributed by atoms with van der Waals surface area (Å²) in [6.45, 7) is 4.53. The van der Waals surface area contributed by atoms with Crippen LogP contribution in [0.5, 0.6) is 5.75 Å². The molecule has 0 aliphatic carbocycles. The monoisotopic (exact) mass is 554 g/mol. The SMILES string of the molecule is CCOc1ccc(C=CC(=O)c2ccc(N3CCN(S(=O)(=O)c4ccc(Br)cc4)CC3)cc2)cc1. The number of rotatable bonds is 8. The first-order valence-corrected chi connectivity index (χ1v) is 13.7. The minimum atomic E-state index is -3.51. The Bertz CT molecular complexity index is 1280. The number of benzene rings is 3. The fraction of sp³-hybridized carbons (Fsp3) is 0.222. The number of nitrogens with zero attached hydrogens (tertiary/aromatic N) is 2. The van der Waals surface area contributed by atoms with Gasteiger partial charge in [0, 0.05) is 41.9 Å². The molecule has 0 saturated carbocycles. The van der Waals surface area contributed by atoms with Gasteiger partial charge in [0.1, 0.15) is 5.75 Å². The molecule has 0 N–H and O–H groups in total. The molecular formula is C27H27BrN2O4S. The number of carbonyl (C=O) groups excluding carboxylic acids is 1. The second-order valence-corrected chi connectivity index (χ2v) is 10.9. The maximum atomic E-state index is 12.9. The molecule has 0 radical (unpaired) electrons. The third-order valence-corrected chi connectivity index (χ3v) is 8.27. The summed E-state index contributed by atoms with van der Waals surface area (Å²) in [5.41, 5.74) is 2.50. The molecule has 0 amide bonds. The van der Waals surface area contributed by atoms with Crippen molar-refractivity contribution in [1.29, 1.82) is 0 Å². The predicted molar refractivity (Wildman–Crippen MR) is 143 cm³/mol. The van der Waals surface area contributed by atoms with Crippen molar-refractivity contribution in [3.05, 3.63) is 94.5 Å². The number of sulfonamides is 1. The summed E-state index contributed by atoms with van der Waals surface area (Å²) >= 11 is 3.34. The number of ketones is 1. The van der Waals surface area contributed by atoms with Crippen LogP contribution in [0, 0.1) is 0 Å². The number of carbonyl (C=O) groups is 1. The minimum absolute atomic E-state index is 0.0733. The molecule has 3 aromatic rings.